The third-order valence-electron chi connectivity index (χ3n) is 3.17. The van der Waals surface area contributed by atoms with Crippen LogP contribution in [0.15, 0.2) is 30.3 Å². The molecule has 0 spiro atoms. The maximum absolute atomic E-state index is 12.0. The van der Waals surface area contributed by atoms with Gasteiger partial charge in [0.25, 0.3) is 0 Å². The number of hydrogen-bond acceptors (Lipinski definition) is 3. The minimum atomic E-state index is -0.302. The van der Waals surface area contributed by atoms with E-state index in [0.717, 1.165) is 5.56 Å². The van der Waals surface area contributed by atoms with E-state index in [4.69, 9.17) is 5.26 Å². The van der Waals surface area contributed by atoms with Gasteiger partial charge in [0.2, 0.25) is 5.91 Å². The number of likely N-dealkylation sites (N-methyl/N-ethyl adjacent to an activating group) is 1. The molecule has 0 fully saturated rings. The number of nitrogens with one attached hydrogen (secondary N) is 1. The zero-order valence-corrected chi connectivity index (χ0v) is 11.8. The topological polar surface area (TPSA) is 56.1 Å². The highest BCUT2D eigenvalue weighted by Gasteiger charge is 2.20. The molecule has 0 aromatic heterocycles. The Balaban J connectivity index is 2.75. The van der Waals surface area contributed by atoms with Crippen LogP contribution in [0.4, 0.5) is 0 Å². The van der Waals surface area contributed by atoms with E-state index in [9.17, 15) is 4.79 Å². The van der Waals surface area contributed by atoms with Gasteiger partial charge in [-0.15, -0.1) is 0 Å². The molecule has 0 aliphatic heterocycles. The molecule has 19 heavy (non-hydrogen) atoms. The fraction of sp³-hybridized carbons (Fsp3) is 0.467. The molecule has 0 saturated carbocycles. The number of amides is 1. The number of benzene rings is 1. The van der Waals surface area contributed by atoms with Crippen LogP contribution in [0, 0.1) is 11.3 Å². The van der Waals surface area contributed by atoms with Crippen molar-refractivity contribution in [3.63, 3.8) is 0 Å². The first-order valence-corrected chi connectivity index (χ1v) is 6.53. The Morgan fingerprint density at radius 3 is 2.58 bits per heavy atom. The average Bonchev–Trinajstić information content (AvgIpc) is 2.46. The predicted octanol–water partition coefficient (Wildman–Crippen LogP) is 2.10. The molecule has 1 N–H and O–H groups in total. The van der Waals surface area contributed by atoms with Gasteiger partial charge in [0.05, 0.1) is 18.5 Å². The molecule has 0 aliphatic rings. The number of carbonyl (C=O) groups is 1. The van der Waals surface area contributed by atoms with Gasteiger partial charge in [-0.25, -0.2) is 0 Å². The van der Waals surface area contributed by atoms with Gasteiger partial charge < -0.3 is 4.90 Å². The van der Waals surface area contributed by atoms with Crippen LogP contribution in [0.1, 0.15) is 31.9 Å². The van der Waals surface area contributed by atoms with Crippen LogP contribution in [0.3, 0.4) is 0 Å². The van der Waals surface area contributed by atoms with Crippen LogP contribution in [0.5, 0.6) is 0 Å². The second-order valence-corrected chi connectivity index (χ2v) is 4.57. The minimum absolute atomic E-state index is 0.0429. The lowest BCUT2D eigenvalue weighted by atomic mass is 10.0. The van der Waals surface area contributed by atoms with E-state index < -0.39 is 0 Å². The summed E-state index contributed by atoms with van der Waals surface area (Å²) in [5.41, 5.74) is 1.03. The number of carbonyl (C=O) groups excluding carboxylic acids is 1. The Kier molecular flexibility index (Phi) is 6.04. The fourth-order valence-corrected chi connectivity index (χ4v) is 1.91. The van der Waals surface area contributed by atoms with Gasteiger partial charge in [0.1, 0.15) is 0 Å². The lowest BCUT2D eigenvalue weighted by Gasteiger charge is -2.25. The van der Waals surface area contributed by atoms with Crippen LogP contribution in [-0.4, -0.2) is 30.4 Å². The first kappa shape index (κ1) is 15.2. The van der Waals surface area contributed by atoms with Crippen molar-refractivity contribution in [2.45, 2.75) is 32.4 Å². The Morgan fingerprint density at radius 2 is 2.05 bits per heavy atom. The average molecular weight is 259 g/mol. The molecule has 1 rings (SSSR count). The molecule has 2 atom stereocenters. The summed E-state index contributed by atoms with van der Waals surface area (Å²) in [5.74, 6) is 0.0429. The van der Waals surface area contributed by atoms with Gasteiger partial charge in [0, 0.05) is 19.6 Å². The molecule has 102 valence electrons. The lowest BCUT2D eigenvalue weighted by molar-refractivity contribution is -0.131. The largest absolute Gasteiger partial charge is 0.345 e. The highest BCUT2D eigenvalue weighted by Crippen LogP contribution is 2.16. The van der Waals surface area contributed by atoms with Crippen molar-refractivity contribution in [3.8, 4) is 6.07 Å². The summed E-state index contributed by atoms with van der Waals surface area (Å²) in [7, 11) is 1.78. The Hall–Kier alpha value is -1.86. The van der Waals surface area contributed by atoms with E-state index in [-0.39, 0.29) is 18.0 Å². The molecule has 1 aromatic carbocycles. The lowest BCUT2D eigenvalue weighted by Crippen LogP contribution is -2.44. The molecule has 1 amide bonds. The number of nitriles is 1. The third kappa shape index (κ3) is 4.38. The normalized spacial score (nSPS) is 13.4. The van der Waals surface area contributed by atoms with Crippen LogP contribution in [-0.2, 0) is 4.79 Å². The summed E-state index contributed by atoms with van der Waals surface area (Å²) in [6, 6.07) is 11.5. The van der Waals surface area contributed by atoms with E-state index in [1.807, 2.05) is 44.2 Å². The van der Waals surface area contributed by atoms with Crippen LogP contribution >= 0.6 is 0 Å². The van der Waals surface area contributed by atoms with Gasteiger partial charge in [-0.05, 0) is 19.4 Å². The van der Waals surface area contributed by atoms with E-state index in [1.165, 1.54) is 0 Å². The van der Waals surface area contributed by atoms with E-state index in [2.05, 4.69) is 11.4 Å². The zero-order chi connectivity index (χ0) is 14.3. The van der Waals surface area contributed by atoms with Gasteiger partial charge in [-0.2, -0.15) is 5.26 Å². The standard InChI is InChI=1S/C15H21N3O/c1-4-18(3)15(19)12(2)17-14(10-11-16)13-8-6-5-7-9-13/h5-9,12,14,17H,4,10H2,1-3H3. The van der Waals surface area contributed by atoms with Gasteiger partial charge >= 0.3 is 0 Å². The van der Waals surface area contributed by atoms with E-state index in [1.54, 1.807) is 11.9 Å². The van der Waals surface area contributed by atoms with Crippen molar-refractivity contribution in [2.24, 2.45) is 0 Å². The van der Waals surface area contributed by atoms with Crippen molar-refractivity contribution < 1.29 is 4.79 Å². The number of hydrogen-bond donors (Lipinski definition) is 1. The molecule has 0 aliphatic carbocycles. The molecule has 2 unspecified atom stereocenters. The molecule has 0 saturated heterocycles. The molecule has 1 aromatic rings. The molecular weight excluding hydrogens is 238 g/mol. The second-order valence-electron chi connectivity index (χ2n) is 4.57. The summed E-state index contributed by atoms with van der Waals surface area (Å²) in [6.45, 7) is 4.45. The van der Waals surface area contributed by atoms with Crippen molar-refractivity contribution in [3.05, 3.63) is 35.9 Å². The maximum Gasteiger partial charge on any atom is 0.239 e. The predicted molar refractivity (Wildman–Crippen MR) is 75.3 cm³/mol. The molecule has 4 heteroatoms. The summed E-state index contributed by atoms with van der Waals surface area (Å²) in [4.78, 5) is 13.7. The monoisotopic (exact) mass is 259 g/mol. The fourth-order valence-electron chi connectivity index (χ4n) is 1.91. The van der Waals surface area contributed by atoms with Crippen molar-refractivity contribution in [1.29, 1.82) is 5.26 Å². The van der Waals surface area contributed by atoms with Crippen LogP contribution in [0.2, 0.25) is 0 Å². The molecule has 0 bridgehead atoms. The van der Waals surface area contributed by atoms with Gasteiger partial charge in [0.15, 0.2) is 0 Å². The van der Waals surface area contributed by atoms with Gasteiger partial charge in [-0.1, -0.05) is 30.3 Å². The molecule has 4 nitrogen and oxygen atoms in total. The summed E-state index contributed by atoms with van der Waals surface area (Å²) in [6.07, 6.45) is 0.345. The van der Waals surface area contributed by atoms with Crippen LogP contribution < -0.4 is 5.32 Å². The van der Waals surface area contributed by atoms with Crippen molar-refractivity contribution >= 4 is 5.91 Å². The van der Waals surface area contributed by atoms with Crippen molar-refractivity contribution in [2.75, 3.05) is 13.6 Å². The molecule has 0 radical (unpaired) electrons. The number of rotatable bonds is 6. The summed E-state index contributed by atoms with van der Waals surface area (Å²) in [5, 5.41) is 12.2. The van der Waals surface area contributed by atoms with Gasteiger partial charge in [-0.3, -0.25) is 10.1 Å². The SMILES string of the molecule is CCN(C)C(=O)C(C)NC(CC#N)c1ccccc1. The third-order valence-corrected chi connectivity index (χ3v) is 3.17. The molecule has 0 heterocycles. The first-order valence-electron chi connectivity index (χ1n) is 6.53. The Labute approximate surface area is 115 Å². The molecular formula is C15H21N3O. The second kappa shape index (κ2) is 7.55. The zero-order valence-electron chi connectivity index (χ0n) is 11.8. The maximum atomic E-state index is 12.0. The smallest absolute Gasteiger partial charge is 0.239 e. The van der Waals surface area contributed by atoms with E-state index in [0.29, 0.717) is 13.0 Å². The quantitative estimate of drug-likeness (QED) is 0.851. The Morgan fingerprint density at radius 1 is 1.42 bits per heavy atom. The van der Waals surface area contributed by atoms with Crippen molar-refractivity contribution in [1.82, 2.24) is 10.2 Å². The van der Waals surface area contributed by atoms with E-state index >= 15 is 0 Å². The first-order chi connectivity index (χ1) is 9.10. The minimum Gasteiger partial charge on any atom is -0.345 e. The Bertz CT molecular complexity index is 438. The summed E-state index contributed by atoms with van der Waals surface area (Å²) >= 11 is 0. The number of nitrogens with zero attached hydrogens (tertiary/aromatic N) is 2. The highest BCUT2D eigenvalue weighted by molar-refractivity contribution is 5.81. The highest BCUT2D eigenvalue weighted by atomic mass is 16.2. The summed E-state index contributed by atoms with van der Waals surface area (Å²) < 4.78 is 0. The van der Waals surface area contributed by atoms with Crippen LogP contribution in [0.25, 0.3) is 0 Å².